The van der Waals surface area contributed by atoms with Gasteiger partial charge in [0.2, 0.25) is 5.91 Å². The maximum absolute atomic E-state index is 11.5. The highest BCUT2D eigenvalue weighted by molar-refractivity contribution is 5.91. The largest absolute Gasteiger partial charge is 0.326 e. The van der Waals surface area contributed by atoms with Gasteiger partial charge in [0.15, 0.2) is 0 Å². The number of rotatable bonds is 7. The van der Waals surface area contributed by atoms with Gasteiger partial charge in [-0.15, -0.1) is 0 Å². The van der Waals surface area contributed by atoms with Crippen molar-refractivity contribution in [2.24, 2.45) is 5.92 Å². The predicted molar refractivity (Wildman–Crippen MR) is 77.8 cm³/mol. The van der Waals surface area contributed by atoms with E-state index < -0.39 is 0 Å². The van der Waals surface area contributed by atoms with Crippen molar-refractivity contribution in [2.75, 3.05) is 5.32 Å². The monoisotopic (exact) mass is 247 g/mol. The van der Waals surface area contributed by atoms with Crippen LogP contribution in [0.2, 0.25) is 0 Å². The molecule has 2 heteroatoms. The van der Waals surface area contributed by atoms with Gasteiger partial charge in [-0.1, -0.05) is 52.2 Å². The van der Waals surface area contributed by atoms with Gasteiger partial charge in [0.05, 0.1) is 0 Å². The van der Waals surface area contributed by atoms with Crippen LogP contribution in [0.4, 0.5) is 5.69 Å². The predicted octanol–water partition coefficient (Wildman–Crippen LogP) is 4.40. The molecule has 1 amide bonds. The molecule has 0 radical (unpaired) electrons. The van der Waals surface area contributed by atoms with Crippen LogP contribution in [0.3, 0.4) is 0 Å². The zero-order valence-electron chi connectivity index (χ0n) is 11.8. The molecule has 0 aliphatic rings. The van der Waals surface area contributed by atoms with Crippen LogP contribution in [-0.4, -0.2) is 5.91 Å². The molecule has 0 aliphatic heterocycles. The van der Waals surface area contributed by atoms with Crippen molar-refractivity contribution in [3.63, 3.8) is 0 Å². The molecule has 2 nitrogen and oxygen atoms in total. The van der Waals surface area contributed by atoms with E-state index in [1.165, 1.54) is 31.2 Å². The number of carbonyl (C=O) groups excluding carboxylic acids is 1. The highest BCUT2D eigenvalue weighted by atomic mass is 16.1. The Morgan fingerprint density at radius 2 is 1.78 bits per heavy atom. The normalized spacial score (nSPS) is 10.7. The molecule has 0 fully saturated rings. The molecule has 0 heterocycles. The molecule has 0 saturated heterocycles. The van der Waals surface area contributed by atoms with Crippen LogP contribution in [0.15, 0.2) is 24.3 Å². The van der Waals surface area contributed by atoms with Crippen molar-refractivity contribution >= 4 is 11.6 Å². The average Bonchev–Trinajstić information content (AvgIpc) is 2.36. The lowest BCUT2D eigenvalue weighted by Crippen LogP contribution is -2.17. The molecule has 0 saturated carbocycles. The third-order valence-electron chi connectivity index (χ3n) is 3.06. The number of hydrogen-bond acceptors (Lipinski definition) is 1. The number of anilines is 1. The molecule has 1 N–H and O–H groups in total. The summed E-state index contributed by atoms with van der Waals surface area (Å²) in [6.07, 6.45) is 6.30. The number of benzene rings is 1. The third kappa shape index (κ3) is 5.35. The molecule has 0 unspecified atom stereocenters. The van der Waals surface area contributed by atoms with Gasteiger partial charge in [0.25, 0.3) is 0 Å². The van der Waals surface area contributed by atoms with E-state index in [1.54, 1.807) is 0 Å². The lowest BCUT2D eigenvalue weighted by Gasteiger charge is -2.08. The van der Waals surface area contributed by atoms with Gasteiger partial charge in [0, 0.05) is 11.6 Å². The second-order valence-electron chi connectivity index (χ2n) is 5.15. The lowest BCUT2D eigenvalue weighted by molar-refractivity contribution is -0.118. The highest BCUT2D eigenvalue weighted by Gasteiger charge is 2.06. The van der Waals surface area contributed by atoms with E-state index in [2.05, 4.69) is 24.4 Å². The van der Waals surface area contributed by atoms with E-state index in [0.717, 1.165) is 12.1 Å². The molecule has 0 aromatic heterocycles. The summed E-state index contributed by atoms with van der Waals surface area (Å²) in [6.45, 7) is 6.03. The van der Waals surface area contributed by atoms with E-state index in [0.29, 0.717) is 0 Å². The SMILES string of the molecule is CCCCCCc1ccc(NC(=O)C(C)C)cc1. The fraction of sp³-hybridized carbons (Fsp3) is 0.562. The van der Waals surface area contributed by atoms with Crippen molar-refractivity contribution < 1.29 is 4.79 Å². The number of amides is 1. The first-order valence-electron chi connectivity index (χ1n) is 7.03. The topological polar surface area (TPSA) is 29.1 Å². The zero-order chi connectivity index (χ0) is 13.4. The van der Waals surface area contributed by atoms with Crippen LogP contribution in [-0.2, 0) is 11.2 Å². The second-order valence-corrected chi connectivity index (χ2v) is 5.15. The molecule has 0 atom stereocenters. The molecule has 18 heavy (non-hydrogen) atoms. The van der Waals surface area contributed by atoms with Crippen molar-refractivity contribution in [3.05, 3.63) is 29.8 Å². The third-order valence-corrected chi connectivity index (χ3v) is 3.06. The Hall–Kier alpha value is -1.31. The molecule has 100 valence electrons. The van der Waals surface area contributed by atoms with Gasteiger partial charge in [-0.25, -0.2) is 0 Å². The maximum Gasteiger partial charge on any atom is 0.226 e. The Bertz CT molecular complexity index is 354. The molecular formula is C16H25NO. The average molecular weight is 247 g/mol. The van der Waals surface area contributed by atoms with Crippen LogP contribution in [0, 0.1) is 5.92 Å². The number of carbonyl (C=O) groups is 1. The number of hydrogen-bond donors (Lipinski definition) is 1. The number of nitrogens with one attached hydrogen (secondary N) is 1. The Balaban J connectivity index is 2.40. The van der Waals surface area contributed by atoms with E-state index >= 15 is 0 Å². The first kappa shape index (κ1) is 14.7. The van der Waals surface area contributed by atoms with E-state index in [4.69, 9.17) is 0 Å². The summed E-state index contributed by atoms with van der Waals surface area (Å²) in [5.41, 5.74) is 2.25. The summed E-state index contributed by atoms with van der Waals surface area (Å²) in [5, 5.41) is 2.91. The molecule has 1 rings (SSSR count). The van der Waals surface area contributed by atoms with Crippen molar-refractivity contribution in [1.82, 2.24) is 0 Å². The second kappa shape index (κ2) is 7.91. The lowest BCUT2D eigenvalue weighted by atomic mass is 10.1. The smallest absolute Gasteiger partial charge is 0.226 e. The van der Waals surface area contributed by atoms with E-state index in [1.807, 2.05) is 26.0 Å². The minimum Gasteiger partial charge on any atom is -0.326 e. The van der Waals surface area contributed by atoms with Gasteiger partial charge in [0.1, 0.15) is 0 Å². The van der Waals surface area contributed by atoms with Gasteiger partial charge >= 0.3 is 0 Å². The summed E-state index contributed by atoms with van der Waals surface area (Å²) in [4.78, 5) is 11.5. The number of unbranched alkanes of at least 4 members (excludes halogenated alkanes) is 3. The Morgan fingerprint density at radius 1 is 1.11 bits per heavy atom. The molecule has 1 aromatic rings. The Labute approximate surface area is 111 Å². The van der Waals surface area contributed by atoms with Crippen LogP contribution in [0.25, 0.3) is 0 Å². The molecular weight excluding hydrogens is 222 g/mol. The molecule has 1 aromatic carbocycles. The van der Waals surface area contributed by atoms with E-state index in [9.17, 15) is 4.79 Å². The van der Waals surface area contributed by atoms with Crippen molar-refractivity contribution in [2.45, 2.75) is 52.9 Å². The van der Waals surface area contributed by atoms with Gasteiger partial charge in [-0.2, -0.15) is 0 Å². The summed E-state index contributed by atoms with van der Waals surface area (Å²) >= 11 is 0. The van der Waals surface area contributed by atoms with Crippen LogP contribution in [0.5, 0.6) is 0 Å². The van der Waals surface area contributed by atoms with Gasteiger partial charge in [-0.3, -0.25) is 4.79 Å². The minimum absolute atomic E-state index is 0.0266. The first-order valence-corrected chi connectivity index (χ1v) is 7.03. The standard InChI is InChI=1S/C16H25NO/c1-4-5-6-7-8-14-9-11-15(12-10-14)17-16(18)13(2)3/h9-13H,4-8H2,1-3H3,(H,17,18). The number of aryl methyl sites for hydroxylation is 1. The molecule has 0 spiro atoms. The van der Waals surface area contributed by atoms with E-state index in [-0.39, 0.29) is 11.8 Å². The molecule has 0 bridgehead atoms. The summed E-state index contributed by atoms with van der Waals surface area (Å²) in [6, 6.07) is 8.22. The summed E-state index contributed by atoms with van der Waals surface area (Å²) < 4.78 is 0. The Morgan fingerprint density at radius 3 is 2.33 bits per heavy atom. The Kier molecular flexibility index (Phi) is 6.48. The van der Waals surface area contributed by atoms with Gasteiger partial charge < -0.3 is 5.32 Å². The highest BCUT2D eigenvalue weighted by Crippen LogP contribution is 2.13. The van der Waals surface area contributed by atoms with Crippen LogP contribution in [0.1, 0.15) is 52.0 Å². The summed E-state index contributed by atoms with van der Waals surface area (Å²) in [7, 11) is 0. The quantitative estimate of drug-likeness (QED) is 0.711. The van der Waals surface area contributed by atoms with Crippen molar-refractivity contribution in [1.29, 1.82) is 0 Å². The van der Waals surface area contributed by atoms with Crippen LogP contribution < -0.4 is 5.32 Å². The summed E-state index contributed by atoms with van der Waals surface area (Å²) in [5.74, 6) is 0.101. The van der Waals surface area contributed by atoms with Gasteiger partial charge in [-0.05, 0) is 30.5 Å². The fourth-order valence-corrected chi connectivity index (χ4v) is 1.80. The van der Waals surface area contributed by atoms with Crippen LogP contribution >= 0.6 is 0 Å². The molecule has 0 aliphatic carbocycles. The fourth-order valence-electron chi connectivity index (χ4n) is 1.80. The maximum atomic E-state index is 11.5. The minimum atomic E-state index is 0.0266. The van der Waals surface area contributed by atoms with Crippen molar-refractivity contribution in [3.8, 4) is 0 Å². The zero-order valence-corrected chi connectivity index (χ0v) is 11.8. The first-order chi connectivity index (χ1) is 8.63.